The molecule has 0 N–H and O–H groups in total. The summed E-state index contributed by atoms with van der Waals surface area (Å²) < 4.78 is 0. The summed E-state index contributed by atoms with van der Waals surface area (Å²) in [4.78, 5) is 6.71. The second-order valence-corrected chi connectivity index (χ2v) is 2.58. The Morgan fingerprint density at radius 1 is 1.58 bits per heavy atom. The molecule has 0 aliphatic heterocycles. The minimum Gasteiger partial charge on any atom is -0.264 e. The normalized spacial score (nSPS) is 9.08. The largest absolute Gasteiger partial charge is 0.264 e. The first-order chi connectivity index (χ1) is 5.83. The second-order valence-electron chi connectivity index (χ2n) is 2.58. The molecule has 4 nitrogen and oxygen atoms in total. The summed E-state index contributed by atoms with van der Waals surface area (Å²) in [7, 11) is 0. The molecule has 1 rings (SSSR count). The summed E-state index contributed by atoms with van der Waals surface area (Å²) >= 11 is 0. The monoisotopic (exact) mass is 162 g/mol. The Morgan fingerprint density at radius 3 is 3.08 bits per heavy atom. The highest BCUT2D eigenvalue weighted by Gasteiger charge is 1.91. The molecule has 0 aliphatic rings. The molecular weight excluding hydrogens is 152 g/mol. The van der Waals surface area contributed by atoms with E-state index in [4.69, 9.17) is 5.53 Å². The highest BCUT2D eigenvalue weighted by atomic mass is 15.1. The summed E-state index contributed by atoms with van der Waals surface area (Å²) in [5, 5.41) is 3.45. The number of aryl methyl sites for hydroxylation is 1. The summed E-state index contributed by atoms with van der Waals surface area (Å²) in [5.41, 5.74) is 10.3. The van der Waals surface area contributed by atoms with Crippen molar-refractivity contribution in [3.05, 3.63) is 40.0 Å². The van der Waals surface area contributed by atoms with Crippen LogP contribution in [0.5, 0.6) is 0 Å². The standard InChI is InChI=1S/C8H10N4/c1-7-4-8(6-10-5-7)2-3-11-12-9/h4-6H,2-3H2,1H3. The maximum atomic E-state index is 8.04. The lowest BCUT2D eigenvalue weighted by Gasteiger charge is -1.97. The van der Waals surface area contributed by atoms with Crippen LogP contribution in [0, 0.1) is 6.92 Å². The fourth-order valence-electron chi connectivity index (χ4n) is 0.978. The van der Waals surface area contributed by atoms with Crippen molar-refractivity contribution in [2.75, 3.05) is 6.54 Å². The van der Waals surface area contributed by atoms with E-state index in [1.54, 1.807) is 12.4 Å². The molecule has 62 valence electrons. The van der Waals surface area contributed by atoms with E-state index in [1.807, 2.05) is 13.0 Å². The summed E-state index contributed by atoms with van der Waals surface area (Å²) in [5.74, 6) is 0. The van der Waals surface area contributed by atoms with Crippen LogP contribution in [0.2, 0.25) is 0 Å². The van der Waals surface area contributed by atoms with Crippen molar-refractivity contribution in [1.82, 2.24) is 4.98 Å². The summed E-state index contributed by atoms with van der Waals surface area (Å²) in [6, 6.07) is 2.04. The molecule has 0 aromatic carbocycles. The molecule has 0 amide bonds. The van der Waals surface area contributed by atoms with Crippen molar-refractivity contribution in [3.63, 3.8) is 0 Å². The number of aromatic nitrogens is 1. The van der Waals surface area contributed by atoms with Gasteiger partial charge < -0.3 is 0 Å². The first-order valence-corrected chi connectivity index (χ1v) is 3.74. The van der Waals surface area contributed by atoms with Gasteiger partial charge in [-0.05, 0) is 30.0 Å². The Balaban J connectivity index is 2.57. The van der Waals surface area contributed by atoms with Gasteiger partial charge in [-0.2, -0.15) is 0 Å². The average molecular weight is 162 g/mol. The quantitative estimate of drug-likeness (QED) is 0.382. The molecule has 0 radical (unpaired) electrons. The lowest BCUT2D eigenvalue weighted by atomic mass is 10.2. The first kappa shape index (κ1) is 8.56. The fraction of sp³-hybridized carbons (Fsp3) is 0.375. The lowest BCUT2D eigenvalue weighted by molar-refractivity contribution is 0.944. The molecule has 0 saturated carbocycles. The van der Waals surface area contributed by atoms with Crippen LogP contribution in [-0.2, 0) is 6.42 Å². The van der Waals surface area contributed by atoms with E-state index >= 15 is 0 Å². The van der Waals surface area contributed by atoms with Crippen molar-refractivity contribution in [3.8, 4) is 0 Å². The highest BCUT2D eigenvalue weighted by molar-refractivity contribution is 5.16. The van der Waals surface area contributed by atoms with Crippen LogP contribution in [-0.4, -0.2) is 11.5 Å². The summed E-state index contributed by atoms with van der Waals surface area (Å²) in [6.45, 7) is 2.49. The Bertz CT molecular complexity index is 302. The van der Waals surface area contributed by atoms with E-state index in [1.165, 1.54) is 0 Å². The second kappa shape index (κ2) is 4.36. The van der Waals surface area contributed by atoms with Gasteiger partial charge in [-0.15, -0.1) is 0 Å². The highest BCUT2D eigenvalue weighted by Crippen LogP contribution is 2.01. The number of rotatable bonds is 3. The van der Waals surface area contributed by atoms with Crippen LogP contribution in [0.3, 0.4) is 0 Å². The molecule has 0 aliphatic carbocycles. The molecule has 0 saturated heterocycles. The Kier molecular flexibility index (Phi) is 3.11. The van der Waals surface area contributed by atoms with Gasteiger partial charge in [-0.25, -0.2) is 0 Å². The van der Waals surface area contributed by atoms with E-state index in [9.17, 15) is 0 Å². The van der Waals surface area contributed by atoms with E-state index in [0.717, 1.165) is 17.5 Å². The van der Waals surface area contributed by atoms with Gasteiger partial charge in [0, 0.05) is 23.9 Å². The third-order valence-corrected chi connectivity index (χ3v) is 1.50. The van der Waals surface area contributed by atoms with Crippen LogP contribution >= 0.6 is 0 Å². The predicted molar refractivity (Wildman–Crippen MR) is 46.7 cm³/mol. The van der Waals surface area contributed by atoms with E-state index in [0.29, 0.717) is 6.54 Å². The van der Waals surface area contributed by atoms with Gasteiger partial charge in [0.05, 0.1) is 0 Å². The fourth-order valence-corrected chi connectivity index (χ4v) is 0.978. The van der Waals surface area contributed by atoms with Crippen LogP contribution in [0.1, 0.15) is 11.1 Å². The smallest absolute Gasteiger partial charge is 0.0300 e. The molecule has 0 bridgehead atoms. The number of pyridine rings is 1. The van der Waals surface area contributed by atoms with Crippen LogP contribution in [0.15, 0.2) is 23.6 Å². The maximum Gasteiger partial charge on any atom is 0.0300 e. The lowest BCUT2D eigenvalue weighted by Crippen LogP contribution is -1.90. The number of nitrogens with zero attached hydrogens (tertiary/aromatic N) is 4. The molecule has 1 heterocycles. The van der Waals surface area contributed by atoms with Crippen LogP contribution in [0.25, 0.3) is 10.4 Å². The Hall–Kier alpha value is -1.54. The zero-order valence-corrected chi connectivity index (χ0v) is 6.94. The molecule has 0 spiro atoms. The molecule has 4 heteroatoms. The van der Waals surface area contributed by atoms with Crippen molar-refractivity contribution < 1.29 is 0 Å². The van der Waals surface area contributed by atoms with E-state index in [2.05, 4.69) is 15.0 Å². The zero-order valence-electron chi connectivity index (χ0n) is 6.94. The third-order valence-electron chi connectivity index (χ3n) is 1.50. The van der Waals surface area contributed by atoms with Gasteiger partial charge in [0.25, 0.3) is 0 Å². The van der Waals surface area contributed by atoms with E-state index < -0.39 is 0 Å². The molecule has 1 aromatic heterocycles. The van der Waals surface area contributed by atoms with Gasteiger partial charge in [-0.3, -0.25) is 4.98 Å². The number of hydrogen-bond acceptors (Lipinski definition) is 2. The zero-order chi connectivity index (χ0) is 8.81. The van der Waals surface area contributed by atoms with Gasteiger partial charge in [0.15, 0.2) is 0 Å². The predicted octanol–water partition coefficient (Wildman–Crippen LogP) is 2.24. The van der Waals surface area contributed by atoms with Crippen molar-refractivity contribution in [2.24, 2.45) is 5.11 Å². The molecule has 0 atom stereocenters. The number of hydrogen-bond donors (Lipinski definition) is 0. The Morgan fingerprint density at radius 2 is 2.42 bits per heavy atom. The van der Waals surface area contributed by atoms with Crippen molar-refractivity contribution >= 4 is 0 Å². The molecule has 1 aromatic rings. The van der Waals surface area contributed by atoms with Crippen LogP contribution in [0.4, 0.5) is 0 Å². The van der Waals surface area contributed by atoms with Gasteiger partial charge >= 0.3 is 0 Å². The average Bonchev–Trinajstić information content (AvgIpc) is 2.05. The van der Waals surface area contributed by atoms with Gasteiger partial charge in [-0.1, -0.05) is 11.2 Å². The third kappa shape index (κ3) is 2.60. The molecule has 0 fully saturated rings. The van der Waals surface area contributed by atoms with Gasteiger partial charge in [0.2, 0.25) is 0 Å². The minimum absolute atomic E-state index is 0.502. The maximum absolute atomic E-state index is 8.04. The first-order valence-electron chi connectivity index (χ1n) is 3.74. The Labute approximate surface area is 70.9 Å². The van der Waals surface area contributed by atoms with E-state index in [-0.39, 0.29) is 0 Å². The number of azide groups is 1. The minimum atomic E-state index is 0.502. The SMILES string of the molecule is Cc1cncc(CCN=[N+]=[N-])c1. The van der Waals surface area contributed by atoms with Crippen LogP contribution < -0.4 is 0 Å². The topological polar surface area (TPSA) is 61.7 Å². The van der Waals surface area contributed by atoms with Crippen molar-refractivity contribution in [1.29, 1.82) is 0 Å². The molecule has 12 heavy (non-hydrogen) atoms. The summed E-state index contributed by atoms with van der Waals surface area (Å²) in [6.07, 6.45) is 4.36. The van der Waals surface area contributed by atoms with Crippen molar-refractivity contribution in [2.45, 2.75) is 13.3 Å². The van der Waals surface area contributed by atoms with Gasteiger partial charge in [0.1, 0.15) is 0 Å². The molecule has 0 unspecified atom stereocenters. The molecular formula is C8H10N4.